The van der Waals surface area contributed by atoms with Gasteiger partial charge < -0.3 is 15.2 Å². The molecule has 0 fully saturated rings. The lowest BCUT2D eigenvalue weighted by Gasteiger charge is -2.09. The SMILES string of the molecule is COC(=O)c1ncc(-c2cccc(OC)c2F)cc1N. The molecule has 104 valence electrons. The maximum atomic E-state index is 14.1. The lowest BCUT2D eigenvalue weighted by atomic mass is 10.1. The van der Waals surface area contributed by atoms with Crippen LogP contribution in [0.5, 0.6) is 5.75 Å². The number of ether oxygens (including phenoxy) is 2. The van der Waals surface area contributed by atoms with Crippen LogP contribution in [0.15, 0.2) is 30.5 Å². The molecule has 0 atom stereocenters. The number of carbonyl (C=O) groups excluding carboxylic acids is 1. The summed E-state index contributed by atoms with van der Waals surface area (Å²) in [5.74, 6) is -1.03. The molecule has 2 N–H and O–H groups in total. The highest BCUT2D eigenvalue weighted by atomic mass is 19.1. The average molecular weight is 276 g/mol. The van der Waals surface area contributed by atoms with Gasteiger partial charge in [-0.3, -0.25) is 0 Å². The Balaban J connectivity index is 2.50. The summed E-state index contributed by atoms with van der Waals surface area (Å²) in [5, 5.41) is 0. The fraction of sp³-hybridized carbons (Fsp3) is 0.143. The van der Waals surface area contributed by atoms with Gasteiger partial charge in [0, 0.05) is 17.3 Å². The predicted molar refractivity (Wildman–Crippen MR) is 71.9 cm³/mol. The smallest absolute Gasteiger partial charge is 0.358 e. The summed E-state index contributed by atoms with van der Waals surface area (Å²) < 4.78 is 23.6. The van der Waals surface area contributed by atoms with E-state index in [1.165, 1.54) is 32.5 Å². The molecule has 1 aromatic heterocycles. The highest BCUT2D eigenvalue weighted by molar-refractivity contribution is 5.93. The standard InChI is InChI=1S/C14H13FN2O3/c1-19-11-5-3-4-9(12(11)15)8-6-10(16)13(17-7-8)14(18)20-2/h3-7H,16H2,1-2H3. The van der Waals surface area contributed by atoms with Crippen LogP contribution in [0.25, 0.3) is 11.1 Å². The molecule has 0 aliphatic carbocycles. The van der Waals surface area contributed by atoms with Crippen LogP contribution in [0.2, 0.25) is 0 Å². The second-order valence-electron chi connectivity index (χ2n) is 3.98. The third kappa shape index (κ3) is 2.40. The topological polar surface area (TPSA) is 74.4 Å². The van der Waals surface area contributed by atoms with Crippen LogP contribution in [-0.2, 0) is 4.74 Å². The van der Waals surface area contributed by atoms with Gasteiger partial charge in [0.25, 0.3) is 0 Å². The number of hydrogen-bond donors (Lipinski definition) is 1. The number of anilines is 1. The van der Waals surface area contributed by atoms with Gasteiger partial charge in [0.05, 0.1) is 19.9 Å². The van der Waals surface area contributed by atoms with Gasteiger partial charge in [0.1, 0.15) is 0 Å². The number of nitrogens with zero attached hydrogens (tertiary/aromatic N) is 1. The molecule has 0 aliphatic heterocycles. The zero-order valence-corrected chi connectivity index (χ0v) is 11.0. The number of rotatable bonds is 3. The van der Waals surface area contributed by atoms with E-state index < -0.39 is 11.8 Å². The van der Waals surface area contributed by atoms with Crippen molar-refractivity contribution in [3.8, 4) is 16.9 Å². The highest BCUT2D eigenvalue weighted by Gasteiger charge is 2.15. The van der Waals surface area contributed by atoms with Gasteiger partial charge in [0.2, 0.25) is 0 Å². The van der Waals surface area contributed by atoms with Crippen molar-refractivity contribution < 1.29 is 18.7 Å². The molecule has 6 heteroatoms. The first-order chi connectivity index (χ1) is 9.58. The predicted octanol–water partition coefficient (Wildman–Crippen LogP) is 2.27. The molecule has 0 spiro atoms. The molecule has 0 aliphatic rings. The lowest BCUT2D eigenvalue weighted by molar-refractivity contribution is 0.0595. The summed E-state index contributed by atoms with van der Waals surface area (Å²) in [6.07, 6.45) is 1.36. The van der Waals surface area contributed by atoms with Crippen molar-refractivity contribution in [2.75, 3.05) is 20.0 Å². The summed E-state index contributed by atoms with van der Waals surface area (Å²) in [6, 6.07) is 6.21. The summed E-state index contributed by atoms with van der Waals surface area (Å²) in [6.45, 7) is 0. The largest absolute Gasteiger partial charge is 0.494 e. The van der Waals surface area contributed by atoms with E-state index in [0.717, 1.165) is 0 Å². The number of methoxy groups -OCH3 is 2. The second-order valence-corrected chi connectivity index (χ2v) is 3.98. The van der Waals surface area contributed by atoms with E-state index in [1.54, 1.807) is 12.1 Å². The summed E-state index contributed by atoms with van der Waals surface area (Å²) in [7, 11) is 2.62. The Bertz CT molecular complexity index is 659. The van der Waals surface area contributed by atoms with Crippen LogP contribution in [0.3, 0.4) is 0 Å². The zero-order chi connectivity index (χ0) is 14.7. The van der Waals surface area contributed by atoms with E-state index in [1.807, 2.05) is 0 Å². The van der Waals surface area contributed by atoms with Gasteiger partial charge in [-0.05, 0) is 12.1 Å². The molecule has 0 bridgehead atoms. The molecule has 0 amide bonds. The summed E-state index contributed by atoms with van der Waals surface area (Å²) in [4.78, 5) is 15.3. The monoisotopic (exact) mass is 276 g/mol. The van der Waals surface area contributed by atoms with Crippen molar-refractivity contribution in [3.05, 3.63) is 42.0 Å². The molecular formula is C14H13FN2O3. The molecule has 0 unspecified atom stereocenters. The normalized spacial score (nSPS) is 10.2. The third-order valence-electron chi connectivity index (χ3n) is 2.79. The molecule has 1 aromatic carbocycles. The average Bonchev–Trinajstić information content (AvgIpc) is 2.46. The minimum absolute atomic E-state index is 0.000413. The Morgan fingerprint density at radius 2 is 2.10 bits per heavy atom. The minimum atomic E-state index is -0.639. The fourth-order valence-electron chi connectivity index (χ4n) is 1.79. The Labute approximate surface area is 115 Å². The fourth-order valence-corrected chi connectivity index (χ4v) is 1.79. The van der Waals surface area contributed by atoms with Crippen molar-refractivity contribution in [3.63, 3.8) is 0 Å². The van der Waals surface area contributed by atoms with Crippen molar-refractivity contribution in [1.29, 1.82) is 0 Å². The molecule has 1 heterocycles. The Morgan fingerprint density at radius 1 is 1.35 bits per heavy atom. The number of hydrogen-bond acceptors (Lipinski definition) is 5. The molecule has 5 nitrogen and oxygen atoms in total. The molecule has 0 radical (unpaired) electrons. The minimum Gasteiger partial charge on any atom is -0.494 e. The Kier molecular flexibility index (Phi) is 3.84. The van der Waals surface area contributed by atoms with Crippen LogP contribution in [0.4, 0.5) is 10.1 Å². The van der Waals surface area contributed by atoms with Gasteiger partial charge in [-0.1, -0.05) is 12.1 Å². The molecule has 20 heavy (non-hydrogen) atoms. The Hall–Kier alpha value is -2.63. The summed E-state index contributed by atoms with van der Waals surface area (Å²) in [5.41, 5.74) is 6.60. The maximum absolute atomic E-state index is 14.1. The van der Waals surface area contributed by atoms with Crippen LogP contribution in [-0.4, -0.2) is 25.2 Å². The summed E-state index contributed by atoms with van der Waals surface area (Å²) >= 11 is 0. The third-order valence-corrected chi connectivity index (χ3v) is 2.79. The van der Waals surface area contributed by atoms with Gasteiger partial charge in [-0.25, -0.2) is 14.2 Å². The lowest BCUT2D eigenvalue weighted by Crippen LogP contribution is -2.08. The molecule has 0 saturated heterocycles. The van der Waals surface area contributed by atoms with E-state index in [0.29, 0.717) is 11.1 Å². The number of pyridine rings is 1. The zero-order valence-electron chi connectivity index (χ0n) is 11.0. The first-order valence-corrected chi connectivity index (χ1v) is 5.75. The molecule has 2 rings (SSSR count). The van der Waals surface area contributed by atoms with Crippen molar-refractivity contribution in [2.24, 2.45) is 0 Å². The molecule has 2 aromatic rings. The van der Waals surface area contributed by atoms with Gasteiger partial charge in [-0.15, -0.1) is 0 Å². The van der Waals surface area contributed by atoms with Crippen LogP contribution in [0, 0.1) is 5.82 Å². The van der Waals surface area contributed by atoms with Gasteiger partial charge in [0.15, 0.2) is 17.3 Å². The van der Waals surface area contributed by atoms with E-state index in [2.05, 4.69) is 9.72 Å². The molecular weight excluding hydrogens is 263 g/mol. The van der Waals surface area contributed by atoms with Crippen LogP contribution < -0.4 is 10.5 Å². The first kappa shape index (κ1) is 13.8. The van der Waals surface area contributed by atoms with Crippen LogP contribution in [0.1, 0.15) is 10.5 Å². The second kappa shape index (κ2) is 5.56. The van der Waals surface area contributed by atoms with Crippen molar-refractivity contribution in [1.82, 2.24) is 4.98 Å². The number of esters is 1. The van der Waals surface area contributed by atoms with E-state index in [4.69, 9.17) is 10.5 Å². The number of nitrogen functional groups attached to an aromatic ring is 1. The van der Waals surface area contributed by atoms with Crippen LogP contribution >= 0.6 is 0 Å². The number of benzene rings is 1. The first-order valence-electron chi connectivity index (χ1n) is 5.75. The maximum Gasteiger partial charge on any atom is 0.358 e. The van der Waals surface area contributed by atoms with Crippen molar-refractivity contribution >= 4 is 11.7 Å². The number of carbonyl (C=O) groups is 1. The van der Waals surface area contributed by atoms with E-state index in [-0.39, 0.29) is 17.1 Å². The number of aromatic nitrogens is 1. The number of nitrogens with two attached hydrogens (primary N) is 1. The van der Waals surface area contributed by atoms with Crippen molar-refractivity contribution in [2.45, 2.75) is 0 Å². The number of halogens is 1. The van der Waals surface area contributed by atoms with E-state index >= 15 is 0 Å². The van der Waals surface area contributed by atoms with Gasteiger partial charge >= 0.3 is 5.97 Å². The Morgan fingerprint density at radius 3 is 2.70 bits per heavy atom. The molecule has 0 saturated carbocycles. The quantitative estimate of drug-likeness (QED) is 0.870. The van der Waals surface area contributed by atoms with E-state index in [9.17, 15) is 9.18 Å². The van der Waals surface area contributed by atoms with Gasteiger partial charge in [-0.2, -0.15) is 0 Å². The highest BCUT2D eigenvalue weighted by Crippen LogP contribution is 2.30.